The van der Waals surface area contributed by atoms with Crippen molar-refractivity contribution in [2.24, 2.45) is 0 Å². The molecule has 0 heterocycles. The van der Waals surface area contributed by atoms with Gasteiger partial charge in [0.25, 0.3) is 11.8 Å². The molecule has 0 bridgehead atoms. The lowest BCUT2D eigenvalue weighted by atomic mass is 10.1. The maximum absolute atomic E-state index is 12.9. The molecular weight excluding hydrogens is 448 g/mol. The fourth-order valence-electron chi connectivity index (χ4n) is 2.82. The van der Waals surface area contributed by atoms with Gasteiger partial charge >= 0.3 is 11.9 Å². The fraction of sp³-hybridized carbons (Fsp3) is 0.304. The molecule has 0 atom stereocenters. The quantitative estimate of drug-likeness (QED) is 0.482. The smallest absolute Gasteiger partial charge is 0.325 e. The Balaban J connectivity index is 2.12. The van der Waals surface area contributed by atoms with Crippen molar-refractivity contribution < 1.29 is 42.9 Å². The van der Waals surface area contributed by atoms with E-state index in [1.807, 2.05) is 0 Å². The third-order valence-electron chi connectivity index (χ3n) is 4.53. The van der Waals surface area contributed by atoms with Gasteiger partial charge in [-0.2, -0.15) is 0 Å². The highest BCUT2D eigenvalue weighted by molar-refractivity contribution is 5.98. The average Bonchev–Trinajstić information content (AvgIpc) is 2.86. The van der Waals surface area contributed by atoms with Crippen LogP contribution in [0.25, 0.3) is 0 Å². The Labute approximate surface area is 196 Å². The van der Waals surface area contributed by atoms with Crippen LogP contribution in [-0.4, -0.2) is 76.8 Å². The summed E-state index contributed by atoms with van der Waals surface area (Å²) < 4.78 is 25.2. The van der Waals surface area contributed by atoms with Crippen molar-refractivity contribution >= 4 is 29.4 Å². The number of para-hydroxylation sites is 2. The largest absolute Gasteiger partial charge is 0.495 e. The van der Waals surface area contributed by atoms with Crippen LogP contribution in [0, 0.1) is 0 Å². The van der Waals surface area contributed by atoms with E-state index in [4.69, 9.17) is 14.2 Å². The van der Waals surface area contributed by atoms with Crippen LogP contribution in [0.2, 0.25) is 0 Å². The molecule has 182 valence electrons. The molecule has 0 saturated carbocycles. The van der Waals surface area contributed by atoms with Crippen molar-refractivity contribution in [3.8, 4) is 17.2 Å². The van der Waals surface area contributed by atoms with Gasteiger partial charge < -0.3 is 33.9 Å². The fourth-order valence-corrected chi connectivity index (χ4v) is 2.82. The number of rotatable bonds is 11. The van der Waals surface area contributed by atoms with Crippen LogP contribution < -0.4 is 19.5 Å². The van der Waals surface area contributed by atoms with E-state index < -0.39 is 36.8 Å². The van der Waals surface area contributed by atoms with E-state index in [0.29, 0.717) is 11.4 Å². The van der Waals surface area contributed by atoms with E-state index in [2.05, 4.69) is 14.8 Å². The number of anilines is 1. The molecule has 0 fully saturated rings. The summed E-state index contributed by atoms with van der Waals surface area (Å²) in [5.41, 5.74) is 0.610. The van der Waals surface area contributed by atoms with E-state index in [0.717, 1.165) is 4.90 Å². The first-order valence-electron chi connectivity index (χ1n) is 9.99. The van der Waals surface area contributed by atoms with Crippen LogP contribution in [-0.2, 0) is 23.9 Å². The minimum absolute atomic E-state index is 0.121. The van der Waals surface area contributed by atoms with E-state index in [1.165, 1.54) is 46.6 Å². The first kappa shape index (κ1) is 26.0. The van der Waals surface area contributed by atoms with Gasteiger partial charge in [-0.15, -0.1) is 0 Å². The summed E-state index contributed by atoms with van der Waals surface area (Å²) in [6.07, 6.45) is 0. The number of hydrogen-bond acceptors (Lipinski definition) is 9. The maximum Gasteiger partial charge on any atom is 0.325 e. The number of nitrogens with one attached hydrogen (secondary N) is 1. The second-order valence-electron chi connectivity index (χ2n) is 6.72. The van der Waals surface area contributed by atoms with Crippen molar-refractivity contribution in [2.45, 2.75) is 0 Å². The number of ether oxygens (including phenoxy) is 5. The molecule has 0 saturated heterocycles. The summed E-state index contributed by atoms with van der Waals surface area (Å²) in [5.74, 6) is -1.59. The SMILES string of the molecule is COC(=O)CN(CC(=O)OC)C(=O)c1ccc(OCC(=O)Nc2ccccc2OC)c(OC)c1. The van der Waals surface area contributed by atoms with Crippen LogP contribution in [0.15, 0.2) is 42.5 Å². The molecule has 2 rings (SSSR count). The number of nitrogens with zero attached hydrogens (tertiary/aromatic N) is 1. The lowest BCUT2D eigenvalue weighted by Crippen LogP contribution is -2.40. The molecule has 0 unspecified atom stereocenters. The molecule has 2 amide bonds. The Bertz CT molecular complexity index is 1020. The number of hydrogen-bond donors (Lipinski definition) is 1. The van der Waals surface area contributed by atoms with Gasteiger partial charge in [0, 0.05) is 5.56 Å². The van der Waals surface area contributed by atoms with E-state index in [1.54, 1.807) is 24.3 Å². The van der Waals surface area contributed by atoms with E-state index in [9.17, 15) is 19.2 Å². The summed E-state index contributed by atoms with van der Waals surface area (Å²) in [6.45, 7) is -1.24. The molecule has 0 aliphatic carbocycles. The van der Waals surface area contributed by atoms with Gasteiger partial charge in [0.2, 0.25) is 0 Å². The Morgan fingerprint density at radius 3 is 2.00 bits per heavy atom. The molecule has 0 aliphatic heterocycles. The maximum atomic E-state index is 12.9. The topological polar surface area (TPSA) is 130 Å². The molecule has 0 spiro atoms. The average molecular weight is 474 g/mol. The number of esters is 2. The minimum Gasteiger partial charge on any atom is -0.495 e. The van der Waals surface area contributed by atoms with Crippen LogP contribution >= 0.6 is 0 Å². The molecule has 0 radical (unpaired) electrons. The first-order valence-corrected chi connectivity index (χ1v) is 9.99. The van der Waals surface area contributed by atoms with Crippen LogP contribution in [0.4, 0.5) is 5.69 Å². The number of carbonyl (C=O) groups excluding carboxylic acids is 4. The summed E-state index contributed by atoms with van der Waals surface area (Å²) in [6, 6.07) is 11.1. The lowest BCUT2D eigenvalue weighted by molar-refractivity contribution is -0.144. The predicted molar refractivity (Wildman–Crippen MR) is 120 cm³/mol. The highest BCUT2D eigenvalue weighted by Crippen LogP contribution is 2.29. The number of carbonyl (C=O) groups is 4. The van der Waals surface area contributed by atoms with Gasteiger partial charge in [0.15, 0.2) is 18.1 Å². The van der Waals surface area contributed by atoms with Gasteiger partial charge in [-0.3, -0.25) is 19.2 Å². The Kier molecular flexibility index (Phi) is 9.69. The van der Waals surface area contributed by atoms with E-state index in [-0.39, 0.29) is 23.7 Å². The van der Waals surface area contributed by atoms with E-state index >= 15 is 0 Å². The molecule has 11 heteroatoms. The summed E-state index contributed by atoms with van der Waals surface area (Å²) in [4.78, 5) is 49.5. The van der Waals surface area contributed by atoms with Gasteiger partial charge in [0.05, 0.1) is 34.1 Å². The zero-order chi connectivity index (χ0) is 25.1. The summed E-state index contributed by atoms with van der Waals surface area (Å²) in [7, 11) is 5.20. The third-order valence-corrected chi connectivity index (χ3v) is 4.53. The Hall–Kier alpha value is -4.28. The zero-order valence-electron chi connectivity index (χ0n) is 19.3. The minimum atomic E-state index is -0.703. The van der Waals surface area contributed by atoms with Crippen LogP contribution in [0.3, 0.4) is 0 Å². The van der Waals surface area contributed by atoms with Crippen LogP contribution in [0.1, 0.15) is 10.4 Å². The molecule has 1 N–H and O–H groups in total. The molecule has 0 aromatic heterocycles. The van der Waals surface area contributed by atoms with Gasteiger partial charge in [-0.05, 0) is 30.3 Å². The van der Waals surface area contributed by atoms with Crippen molar-refractivity contribution in [3.63, 3.8) is 0 Å². The second kappa shape index (κ2) is 12.7. The third kappa shape index (κ3) is 7.12. The highest BCUT2D eigenvalue weighted by Gasteiger charge is 2.23. The van der Waals surface area contributed by atoms with Gasteiger partial charge in [-0.25, -0.2) is 0 Å². The molecular formula is C23H26N2O9. The van der Waals surface area contributed by atoms with Crippen molar-refractivity contribution in [1.82, 2.24) is 4.90 Å². The normalized spacial score (nSPS) is 10.0. The van der Waals surface area contributed by atoms with Gasteiger partial charge in [-0.1, -0.05) is 12.1 Å². The summed E-state index contributed by atoms with van der Waals surface area (Å²) >= 11 is 0. The van der Waals surface area contributed by atoms with Gasteiger partial charge in [0.1, 0.15) is 18.8 Å². The summed E-state index contributed by atoms with van der Waals surface area (Å²) in [5, 5.41) is 2.68. The molecule has 2 aromatic carbocycles. The Morgan fingerprint density at radius 2 is 1.41 bits per heavy atom. The molecule has 34 heavy (non-hydrogen) atoms. The van der Waals surface area contributed by atoms with Crippen molar-refractivity contribution in [2.75, 3.05) is 53.5 Å². The number of benzene rings is 2. The predicted octanol–water partition coefficient (Wildman–Crippen LogP) is 1.51. The lowest BCUT2D eigenvalue weighted by Gasteiger charge is -2.21. The number of methoxy groups -OCH3 is 4. The van der Waals surface area contributed by atoms with Crippen LogP contribution in [0.5, 0.6) is 17.2 Å². The molecule has 2 aromatic rings. The molecule has 11 nitrogen and oxygen atoms in total. The highest BCUT2D eigenvalue weighted by atomic mass is 16.5. The standard InChI is InChI=1S/C23H26N2O9/c1-30-17-8-6-5-7-16(17)24-20(26)14-34-18-10-9-15(11-19(18)31-2)23(29)25(12-21(27)32-3)13-22(28)33-4/h5-11H,12-14H2,1-4H3,(H,24,26). The van der Waals surface area contributed by atoms with Crippen molar-refractivity contribution in [1.29, 1.82) is 0 Å². The Morgan fingerprint density at radius 1 is 0.794 bits per heavy atom. The second-order valence-corrected chi connectivity index (χ2v) is 6.72. The van der Waals surface area contributed by atoms with Crippen molar-refractivity contribution in [3.05, 3.63) is 48.0 Å². The zero-order valence-corrected chi connectivity index (χ0v) is 19.3. The number of amides is 2. The monoisotopic (exact) mass is 474 g/mol. The molecule has 0 aliphatic rings. The first-order chi connectivity index (χ1) is 16.3.